The molecule has 68 valence electrons. The molecule has 0 rings (SSSR count). The van der Waals surface area contributed by atoms with Crippen molar-refractivity contribution >= 4 is 21.6 Å². The van der Waals surface area contributed by atoms with Gasteiger partial charge in [0.1, 0.15) is 0 Å². The number of hydrogen-bond acceptors (Lipinski definition) is 2. The summed E-state index contributed by atoms with van der Waals surface area (Å²) in [5.41, 5.74) is -0.435. The van der Waals surface area contributed by atoms with Crippen LogP contribution < -0.4 is 4.72 Å². The number of sulfonamides is 1. The van der Waals surface area contributed by atoms with E-state index in [0.717, 1.165) is 6.26 Å². The average molecular weight is 200 g/mol. The molecule has 11 heavy (non-hydrogen) atoms. The molecule has 0 atom stereocenters. The van der Waals surface area contributed by atoms with Crippen molar-refractivity contribution in [3.8, 4) is 0 Å². The van der Waals surface area contributed by atoms with Crippen molar-refractivity contribution in [3.05, 3.63) is 0 Å². The second-order valence-electron chi connectivity index (χ2n) is 3.20. The molecular formula is C6H14ClNO2S. The van der Waals surface area contributed by atoms with Crippen molar-refractivity contribution in [2.45, 2.75) is 25.8 Å². The number of nitrogens with one attached hydrogen (secondary N) is 1. The lowest BCUT2D eigenvalue weighted by Crippen LogP contribution is -2.42. The Bertz CT molecular complexity index is 211. The molecule has 0 saturated carbocycles. The highest BCUT2D eigenvalue weighted by Crippen LogP contribution is 2.09. The van der Waals surface area contributed by atoms with Gasteiger partial charge in [-0.25, -0.2) is 13.1 Å². The molecule has 0 fully saturated rings. The zero-order chi connectivity index (χ0) is 9.12. The van der Waals surface area contributed by atoms with Crippen LogP contribution in [0.15, 0.2) is 0 Å². The third-order valence-electron chi connectivity index (χ3n) is 1.18. The maximum Gasteiger partial charge on any atom is 0.209 e. The standard InChI is InChI=1S/C6H14ClNO2S/c1-6(2,4-5-7)8-11(3,9)10/h8H,4-5H2,1-3H3. The van der Waals surface area contributed by atoms with E-state index < -0.39 is 15.6 Å². The minimum Gasteiger partial charge on any atom is -0.213 e. The lowest BCUT2D eigenvalue weighted by molar-refractivity contribution is 0.444. The minimum atomic E-state index is -3.11. The van der Waals surface area contributed by atoms with Crippen molar-refractivity contribution in [1.29, 1.82) is 0 Å². The molecule has 0 saturated heterocycles. The molecule has 0 aromatic heterocycles. The lowest BCUT2D eigenvalue weighted by Gasteiger charge is -2.23. The molecule has 1 N–H and O–H groups in total. The molecule has 0 bridgehead atoms. The number of rotatable bonds is 4. The van der Waals surface area contributed by atoms with E-state index in [-0.39, 0.29) is 0 Å². The number of alkyl halides is 1. The summed E-state index contributed by atoms with van der Waals surface area (Å²) in [4.78, 5) is 0. The van der Waals surface area contributed by atoms with Gasteiger partial charge in [-0.1, -0.05) is 0 Å². The minimum absolute atomic E-state index is 0.435. The van der Waals surface area contributed by atoms with Gasteiger partial charge in [0.05, 0.1) is 6.26 Å². The van der Waals surface area contributed by atoms with E-state index in [9.17, 15) is 8.42 Å². The van der Waals surface area contributed by atoms with Crippen LogP contribution in [-0.4, -0.2) is 26.1 Å². The fourth-order valence-electron chi connectivity index (χ4n) is 0.789. The first-order chi connectivity index (χ1) is 4.77. The lowest BCUT2D eigenvalue weighted by atomic mass is 10.0. The molecule has 3 nitrogen and oxygen atoms in total. The van der Waals surface area contributed by atoms with Gasteiger partial charge in [-0.05, 0) is 20.3 Å². The van der Waals surface area contributed by atoms with Crippen molar-refractivity contribution in [1.82, 2.24) is 4.72 Å². The molecule has 0 spiro atoms. The first kappa shape index (κ1) is 11.2. The highest BCUT2D eigenvalue weighted by atomic mass is 35.5. The Morgan fingerprint density at radius 2 is 1.91 bits per heavy atom. The largest absolute Gasteiger partial charge is 0.213 e. The fourth-order valence-corrected chi connectivity index (χ4v) is 2.37. The topological polar surface area (TPSA) is 46.2 Å². The SMILES string of the molecule is CC(C)(CCCl)NS(C)(=O)=O. The van der Waals surface area contributed by atoms with Crippen LogP contribution in [0.5, 0.6) is 0 Å². The summed E-state index contributed by atoms with van der Waals surface area (Å²) in [5.74, 6) is 0.454. The molecule has 0 aliphatic carbocycles. The van der Waals surface area contributed by atoms with E-state index in [0.29, 0.717) is 12.3 Å². The maximum atomic E-state index is 10.8. The summed E-state index contributed by atoms with van der Waals surface area (Å²) in [6, 6.07) is 0. The van der Waals surface area contributed by atoms with Crippen LogP contribution >= 0.6 is 11.6 Å². The summed E-state index contributed by atoms with van der Waals surface area (Å²) in [6.45, 7) is 3.60. The van der Waals surface area contributed by atoms with Gasteiger partial charge < -0.3 is 0 Å². The third kappa shape index (κ3) is 6.59. The van der Waals surface area contributed by atoms with Crippen LogP contribution in [0.25, 0.3) is 0 Å². The molecule has 0 heterocycles. The van der Waals surface area contributed by atoms with Crippen LogP contribution in [-0.2, 0) is 10.0 Å². The van der Waals surface area contributed by atoms with Crippen LogP contribution in [0.2, 0.25) is 0 Å². The van der Waals surface area contributed by atoms with Gasteiger partial charge in [-0.2, -0.15) is 0 Å². The zero-order valence-electron chi connectivity index (χ0n) is 7.02. The maximum absolute atomic E-state index is 10.8. The molecule has 0 amide bonds. The first-order valence-electron chi connectivity index (χ1n) is 3.32. The van der Waals surface area contributed by atoms with Gasteiger partial charge in [0.2, 0.25) is 10.0 Å². The summed E-state index contributed by atoms with van der Waals surface area (Å²) in [6.07, 6.45) is 1.77. The Kier molecular flexibility index (Phi) is 3.80. The second kappa shape index (κ2) is 3.74. The summed E-state index contributed by atoms with van der Waals surface area (Å²) >= 11 is 5.48. The number of halogens is 1. The van der Waals surface area contributed by atoms with E-state index in [4.69, 9.17) is 11.6 Å². The van der Waals surface area contributed by atoms with Crippen molar-refractivity contribution in [2.24, 2.45) is 0 Å². The van der Waals surface area contributed by atoms with Crippen LogP contribution in [0.4, 0.5) is 0 Å². The Labute approximate surface area is 73.2 Å². The second-order valence-corrected chi connectivity index (χ2v) is 5.32. The quantitative estimate of drug-likeness (QED) is 0.686. The molecule has 0 aromatic rings. The number of hydrogen-bond donors (Lipinski definition) is 1. The Hall–Kier alpha value is 0.200. The molecular weight excluding hydrogens is 186 g/mol. The molecule has 0 unspecified atom stereocenters. The molecule has 5 heteroatoms. The van der Waals surface area contributed by atoms with Crippen LogP contribution in [0.1, 0.15) is 20.3 Å². The van der Waals surface area contributed by atoms with Gasteiger partial charge in [0, 0.05) is 11.4 Å². The van der Waals surface area contributed by atoms with Gasteiger partial charge in [-0.3, -0.25) is 0 Å². The zero-order valence-corrected chi connectivity index (χ0v) is 8.59. The Balaban J connectivity index is 4.13. The first-order valence-corrected chi connectivity index (χ1v) is 5.74. The smallest absolute Gasteiger partial charge is 0.209 e. The van der Waals surface area contributed by atoms with Gasteiger partial charge in [0.25, 0.3) is 0 Å². The molecule has 0 aromatic carbocycles. The van der Waals surface area contributed by atoms with Crippen molar-refractivity contribution < 1.29 is 8.42 Å². The monoisotopic (exact) mass is 199 g/mol. The average Bonchev–Trinajstić information content (AvgIpc) is 1.55. The highest BCUT2D eigenvalue weighted by molar-refractivity contribution is 7.88. The van der Waals surface area contributed by atoms with E-state index in [1.165, 1.54) is 0 Å². The molecule has 0 aliphatic rings. The predicted molar refractivity (Wildman–Crippen MR) is 47.4 cm³/mol. The fraction of sp³-hybridized carbons (Fsp3) is 1.00. The van der Waals surface area contributed by atoms with Crippen molar-refractivity contribution in [2.75, 3.05) is 12.1 Å². The Morgan fingerprint density at radius 3 is 2.18 bits per heavy atom. The van der Waals surface area contributed by atoms with Crippen LogP contribution in [0, 0.1) is 0 Å². The molecule has 0 aliphatic heterocycles. The third-order valence-corrected chi connectivity index (χ3v) is 2.29. The molecule has 0 radical (unpaired) electrons. The summed E-state index contributed by atoms with van der Waals surface area (Å²) in [5, 5.41) is 0. The predicted octanol–water partition coefficient (Wildman–Crippen LogP) is 0.943. The summed E-state index contributed by atoms with van der Waals surface area (Å²) < 4.78 is 24.0. The van der Waals surface area contributed by atoms with Crippen LogP contribution in [0.3, 0.4) is 0 Å². The van der Waals surface area contributed by atoms with Gasteiger partial charge in [0.15, 0.2) is 0 Å². The normalized spacial score (nSPS) is 13.5. The van der Waals surface area contributed by atoms with E-state index in [2.05, 4.69) is 4.72 Å². The highest BCUT2D eigenvalue weighted by Gasteiger charge is 2.20. The van der Waals surface area contributed by atoms with Gasteiger partial charge in [-0.15, -0.1) is 11.6 Å². The van der Waals surface area contributed by atoms with Gasteiger partial charge >= 0.3 is 0 Å². The summed E-state index contributed by atoms with van der Waals surface area (Å²) in [7, 11) is -3.11. The van der Waals surface area contributed by atoms with E-state index in [1.807, 2.05) is 0 Å². The van der Waals surface area contributed by atoms with E-state index in [1.54, 1.807) is 13.8 Å². The Morgan fingerprint density at radius 1 is 1.45 bits per heavy atom. The van der Waals surface area contributed by atoms with Crippen molar-refractivity contribution in [3.63, 3.8) is 0 Å². The van der Waals surface area contributed by atoms with E-state index >= 15 is 0 Å².